The number of benzene rings is 1. The fourth-order valence-electron chi connectivity index (χ4n) is 1.55. The molecule has 1 aromatic carbocycles. The molecule has 0 saturated heterocycles. The molecule has 0 aliphatic heterocycles. The maximum absolute atomic E-state index is 11.0. The topological polar surface area (TPSA) is 70.6 Å². The van der Waals surface area contributed by atoms with Gasteiger partial charge in [0.2, 0.25) is 0 Å². The zero-order chi connectivity index (χ0) is 15.0. The van der Waals surface area contributed by atoms with Crippen LogP contribution in [0, 0.1) is 0 Å². The largest absolute Gasteiger partial charge is 0.356 e. The lowest BCUT2D eigenvalue weighted by Gasteiger charge is -2.11. The predicted octanol–water partition coefficient (Wildman–Crippen LogP) is 1.09. The van der Waals surface area contributed by atoms with Crippen LogP contribution < -0.4 is 10.6 Å². The Labute approximate surface area is 125 Å². The number of nitrogens with one attached hydrogen (secondary N) is 2. The van der Waals surface area contributed by atoms with E-state index < -0.39 is 9.84 Å². The molecular weight excluding hydrogens is 298 g/mol. The molecule has 0 atom stereocenters. The molecule has 112 valence electrons. The van der Waals surface area contributed by atoms with Crippen molar-refractivity contribution >= 4 is 27.4 Å². The van der Waals surface area contributed by atoms with E-state index in [4.69, 9.17) is 11.6 Å². The molecule has 0 spiro atoms. The first-order valence-corrected chi connectivity index (χ1v) is 8.71. The number of rotatable bonds is 6. The highest BCUT2D eigenvalue weighted by atomic mass is 35.5. The molecule has 0 heterocycles. The minimum absolute atomic E-state index is 0.0882. The van der Waals surface area contributed by atoms with Gasteiger partial charge in [0.1, 0.15) is 9.84 Å². The summed E-state index contributed by atoms with van der Waals surface area (Å²) in [5.41, 5.74) is 1.17. The number of halogens is 1. The number of aliphatic imine (C=N–C) groups is 1. The Kier molecular flexibility index (Phi) is 6.81. The van der Waals surface area contributed by atoms with Gasteiger partial charge in [-0.05, 0) is 24.1 Å². The van der Waals surface area contributed by atoms with Crippen LogP contribution >= 0.6 is 11.6 Å². The van der Waals surface area contributed by atoms with Gasteiger partial charge < -0.3 is 10.6 Å². The van der Waals surface area contributed by atoms with Crippen molar-refractivity contribution < 1.29 is 8.42 Å². The first-order chi connectivity index (χ1) is 9.40. The van der Waals surface area contributed by atoms with Gasteiger partial charge in [-0.15, -0.1) is 0 Å². The highest BCUT2D eigenvalue weighted by Crippen LogP contribution is 2.09. The van der Waals surface area contributed by atoms with Crippen molar-refractivity contribution in [3.63, 3.8) is 0 Å². The number of hydrogen-bond acceptors (Lipinski definition) is 3. The molecule has 0 amide bonds. The van der Waals surface area contributed by atoms with Crippen molar-refractivity contribution in [2.45, 2.75) is 6.42 Å². The van der Waals surface area contributed by atoms with E-state index in [9.17, 15) is 8.42 Å². The molecule has 1 aromatic rings. The molecule has 0 aromatic heterocycles. The number of guanidine groups is 1. The van der Waals surface area contributed by atoms with Crippen molar-refractivity contribution in [2.24, 2.45) is 4.99 Å². The van der Waals surface area contributed by atoms with Crippen LogP contribution in [0.2, 0.25) is 5.02 Å². The molecule has 1 rings (SSSR count). The number of nitrogens with zero attached hydrogens (tertiary/aromatic N) is 1. The van der Waals surface area contributed by atoms with Gasteiger partial charge in [-0.25, -0.2) is 8.42 Å². The van der Waals surface area contributed by atoms with Crippen LogP contribution in [-0.4, -0.2) is 46.5 Å². The van der Waals surface area contributed by atoms with E-state index in [1.807, 2.05) is 24.3 Å². The molecule has 0 radical (unpaired) electrons. The summed E-state index contributed by atoms with van der Waals surface area (Å²) in [6.07, 6.45) is 2.05. The molecule has 0 saturated carbocycles. The standard InChI is InChI=1S/C13H20ClN3O2S/c1-15-13(17-9-10-20(2,18)19)16-8-7-11-3-5-12(14)6-4-11/h3-6H,7-10H2,1-2H3,(H2,15,16,17). The van der Waals surface area contributed by atoms with Crippen molar-refractivity contribution in [1.29, 1.82) is 0 Å². The molecule has 2 N–H and O–H groups in total. The van der Waals surface area contributed by atoms with E-state index in [-0.39, 0.29) is 5.75 Å². The number of hydrogen-bond donors (Lipinski definition) is 2. The Balaban J connectivity index is 2.30. The fourth-order valence-corrected chi connectivity index (χ4v) is 2.15. The van der Waals surface area contributed by atoms with E-state index in [0.29, 0.717) is 19.0 Å². The second kappa shape index (κ2) is 8.11. The Hall–Kier alpha value is -1.27. The van der Waals surface area contributed by atoms with E-state index >= 15 is 0 Å². The van der Waals surface area contributed by atoms with Crippen molar-refractivity contribution in [3.05, 3.63) is 34.9 Å². The second-order valence-electron chi connectivity index (χ2n) is 4.43. The maximum atomic E-state index is 11.0. The lowest BCUT2D eigenvalue weighted by atomic mass is 10.1. The monoisotopic (exact) mass is 317 g/mol. The van der Waals surface area contributed by atoms with E-state index in [2.05, 4.69) is 15.6 Å². The summed E-state index contributed by atoms with van der Waals surface area (Å²) in [6, 6.07) is 7.67. The van der Waals surface area contributed by atoms with E-state index in [1.54, 1.807) is 7.05 Å². The fraction of sp³-hybridized carbons (Fsp3) is 0.462. The van der Waals surface area contributed by atoms with Crippen LogP contribution in [0.15, 0.2) is 29.3 Å². The van der Waals surface area contributed by atoms with Crippen LogP contribution in [0.25, 0.3) is 0 Å². The van der Waals surface area contributed by atoms with E-state index in [1.165, 1.54) is 11.8 Å². The smallest absolute Gasteiger partial charge is 0.191 e. The minimum atomic E-state index is -2.95. The summed E-state index contributed by atoms with van der Waals surface area (Å²) >= 11 is 5.82. The lowest BCUT2D eigenvalue weighted by molar-refractivity contribution is 0.600. The predicted molar refractivity (Wildman–Crippen MR) is 84.2 cm³/mol. The third-order valence-corrected chi connectivity index (χ3v) is 3.81. The number of sulfone groups is 1. The first-order valence-electron chi connectivity index (χ1n) is 6.27. The Morgan fingerprint density at radius 1 is 1.20 bits per heavy atom. The van der Waals surface area contributed by atoms with Crippen molar-refractivity contribution in [2.75, 3.05) is 32.1 Å². The van der Waals surface area contributed by atoms with Gasteiger partial charge in [0.25, 0.3) is 0 Å². The molecule has 0 fully saturated rings. The SMILES string of the molecule is CN=C(NCCc1ccc(Cl)cc1)NCCS(C)(=O)=O. The van der Waals surface area contributed by atoms with Gasteiger partial charge in [0.05, 0.1) is 5.75 Å². The van der Waals surface area contributed by atoms with Crippen molar-refractivity contribution in [1.82, 2.24) is 10.6 Å². The zero-order valence-corrected chi connectivity index (χ0v) is 13.3. The Bertz CT molecular complexity index is 541. The molecule has 0 aliphatic carbocycles. The van der Waals surface area contributed by atoms with Crippen LogP contribution in [0.3, 0.4) is 0 Å². The average Bonchev–Trinajstić information content (AvgIpc) is 2.38. The molecule has 5 nitrogen and oxygen atoms in total. The third-order valence-electron chi connectivity index (χ3n) is 2.61. The molecular formula is C13H20ClN3O2S. The van der Waals surface area contributed by atoms with Gasteiger partial charge in [-0.2, -0.15) is 0 Å². The first kappa shape index (κ1) is 16.8. The normalized spacial score (nSPS) is 12.2. The summed E-state index contributed by atoms with van der Waals surface area (Å²) < 4.78 is 22.0. The van der Waals surface area contributed by atoms with Gasteiger partial charge in [-0.1, -0.05) is 23.7 Å². The summed E-state index contributed by atoms with van der Waals surface area (Å²) in [4.78, 5) is 4.03. The molecule has 0 unspecified atom stereocenters. The van der Waals surface area contributed by atoms with Crippen LogP contribution in [0.4, 0.5) is 0 Å². The van der Waals surface area contributed by atoms with E-state index in [0.717, 1.165) is 11.4 Å². The van der Waals surface area contributed by atoms with Gasteiger partial charge in [0, 0.05) is 31.4 Å². The average molecular weight is 318 g/mol. The molecule has 0 aliphatic rings. The van der Waals surface area contributed by atoms with Gasteiger partial charge in [-0.3, -0.25) is 4.99 Å². The highest BCUT2D eigenvalue weighted by molar-refractivity contribution is 7.90. The molecule has 0 bridgehead atoms. The van der Waals surface area contributed by atoms with Crippen LogP contribution in [0.1, 0.15) is 5.56 Å². The van der Waals surface area contributed by atoms with Gasteiger partial charge in [0.15, 0.2) is 5.96 Å². The second-order valence-corrected chi connectivity index (χ2v) is 7.13. The Morgan fingerprint density at radius 2 is 1.80 bits per heavy atom. The zero-order valence-electron chi connectivity index (χ0n) is 11.7. The van der Waals surface area contributed by atoms with Crippen LogP contribution in [-0.2, 0) is 16.3 Å². The van der Waals surface area contributed by atoms with Crippen LogP contribution in [0.5, 0.6) is 0 Å². The maximum Gasteiger partial charge on any atom is 0.191 e. The summed E-state index contributed by atoms with van der Waals surface area (Å²) in [5, 5.41) is 6.81. The minimum Gasteiger partial charge on any atom is -0.356 e. The summed E-state index contributed by atoms with van der Waals surface area (Å²) in [5.74, 6) is 0.688. The molecule has 20 heavy (non-hydrogen) atoms. The lowest BCUT2D eigenvalue weighted by Crippen LogP contribution is -2.40. The third kappa shape index (κ3) is 7.35. The Morgan fingerprint density at radius 3 is 2.35 bits per heavy atom. The summed E-state index contributed by atoms with van der Waals surface area (Å²) in [7, 11) is -1.30. The highest BCUT2D eigenvalue weighted by Gasteiger charge is 2.03. The molecule has 7 heteroatoms. The van der Waals surface area contributed by atoms with Crippen molar-refractivity contribution in [3.8, 4) is 0 Å². The summed E-state index contributed by atoms with van der Waals surface area (Å²) in [6.45, 7) is 1.06. The van der Waals surface area contributed by atoms with Gasteiger partial charge >= 0.3 is 0 Å². The quantitative estimate of drug-likeness (QED) is 0.609.